The molecule has 0 aliphatic carbocycles. The van der Waals surface area contributed by atoms with Crippen LogP contribution in [0.15, 0.2) is 55.1 Å². The molecule has 1 heterocycles. The van der Waals surface area contributed by atoms with Gasteiger partial charge in [-0.15, -0.1) is 0 Å². The van der Waals surface area contributed by atoms with Gasteiger partial charge in [0, 0.05) is 5.39 Å². The first-order valence-electron chi connectivity index (χ1n) is 6.20. The van der Waals surface area contributed by atoms with Crippen LogP contribution in [0.3, 0.4) is 0 Å². The van der Waals surface area contributed by atoms with Crippen molar-refractivity contribution in [1.82, 2.24) is 10.2 Å². The summed E-state index contributed by atoms with van der Waals surface area (Å²) in [4.78, 5) is 0. The van der Waals surface area contributed by atoms with Gasteiger partial charge >= 0.3 is 0 Å². The number of hydrogen-bond donors (Lipinski definition) is 1. The van der Waals surface area contributed by atoms with Gasteiger partial charge in [0.15, 0.2) is 0 Å². The Morgan fingerprint density at radius 3 is 2.42 bits per heavy atom. The van der Waals surface area contributed by atoms with Crippen molar-refractivity contribution in [3.8, 4) is 0 Å². The van der Waals surface area contributed by atoms with Crippen molar-refractivity contribution in [2.24, 2.45) is 0 Å². The minimum Gasteiger partial charge on any atom is -0.277 e. The Kier molecular flexibility index (Phi) is 2.99. The van der Waals surface area contributed by atoms with Crippen molar-refractivity contribution in [1.29, 1.82) is 0 Å². The lowest BCUT2D eigenvalue weighted by molar-refractivity contribution is 1.11. The van der Waals surface area contributed by atoms with Gasteiger partial charge in [-0.2, -0.15) is 5.10 Å². The molecule has 2 heteroatoms. The van der Waals surface area contributed by atoms with E-state index in [0.29, 0.717) is 0 Å². The number of fused-ring (bicyclic) bond motifs is 1. The fraction of sp³-hybridized carbons (Fsp3) is 0. The molecule has 0 aliphatic rings. The van der Waals surface area contributed by atoms with Gasteiger partial charge < -0.3 is 0 Å². The predicted molar refractivity (Wildman–Crippen MR) is 81.6 cm³/mol. The maximum atomic E-state index is 4.32. The fourth-order valence-electron chi connectivity index (χ4n) is 2.03. The molecule has 3 aromatic rings. The van der Waals surface area contributed by atoms with E-state index in [0.717, 1.165) is 27.7 Å². The molecule has 3 rings (SSSR count). The standard InChI is InChI=1S/C17H14N2/c1-2-13-7-9-14(10-8-13)11-12-17-15-5-3-4-6-16(15)18-19-17/h2-12H,1H2,(H,18,19)/b12-11+. The summed E-state index contributed by atoms with van der Waals surface area (Å²) in [5, 5.41) is 8.48. The Balaban J connectivity index is 1.91. The number of hydrogen-bond acceptors (Lipinski definition) is 1. The molecule has 0 saturated heterocycles. The maximum Gasteiger partial charge on any atom is 0.0927 e. The number of rotatable bonds is 3. The average molecular weight is 246 g/mol. The van der Waals surface area contributed by atoms with Crippen LogP contribution in [0.25, 0.3) is 29.1 Å². The second-order valence-corrected chi connectivity index (χ2v) is 4.36. The lowest BCUT2D eigenvalue weighted by Gasteiger charge is -1.95. The molecule has 1 aromatic heterocycles. The van der Waals surface area contributed by atoms with E-state index < -0.39 is 0 Å². The van der Waals surface area contributed by atoms with Crippen LogP contribution in [0, 0.1) is 0 Å². The van der Waals surface area contributed by atoms with E-state index in [9.17, 15) is 0 Å². The van der Waals surface area contributed by atoms with Crippen molar-refractivity contribution >= 4 is 29.1 Å². The van der Waals surface area contributed by atoms with Gasteiger partial charge in [-0.05, 0) is 23.3 Å². The van der Waals surface area contributed by atoms with Crippen LogP contribution in [0.5, 0.6) is 0 Å². The summed E-state index contributed by atoms with van der Waals surface area (Å²) in [5.74, 6) is 0. The number of H-pyrrole nitrogens is 1. The molecule has 0 amide bonds. The summed E-state index contributed by atoms with van der Waals surface area (Å²) >= 11 is 0. The van der Waals surface area contributed by atoms with Gasteiger partial charge in [0.25, 0.3) is 0 Å². The molecule has 0 bridgehead atoms. The van der Waals surface area contributed by atoms with Gasteiger partial charge in [0.05, 0.1) is 11.2 Å². The number of aromatic nitrogens is 2. The number of aromatic amines is 1. The molecular weight excluding hydrogens is 232 g/mol. The molecule has 0 saturated carbocycles. The Bertz CT molecular complexity index is 733. The molecule has 0 aliphatic heterocycles. The molecule has 1 N–H and O–H groups in total. The van der Waals surface area contributed by atoms with Crippen LogP contribution in [0.1, 0.15) is 16.8 Å². The number of benzene rings is 2. The summed E-state index contributed by atoms with van der Waals surface area (Å²) in [5.41, 5.74) is 4.30. The molecule has 0 atom stereocenters. The fourth-order valence-corrected chi connectivity index (χ4v) is 2.03. The normalized spacial score (nSPS) is 11.2. The third kappa shape index (κ3) is 2.33. The van der Waals surface area contributed by atoms with Crippen LogP contribution in [0.2, 0.25) is 0 Å². The molecule has 0 radical (unpaired) electrons. The van der Waals surface area contributed by atoms with E-state index in [1.165, 1.54) is 0 Å². The average Bonchev–Trinajstić information content (AvgIpc) is 2.89. The first-order chi connectivity index (χ1) is 9.36. The molecule has 19 heavy (non-hydrogen) atoms. The number of nitrogens with zero attached hydrogens (tertiary/aromatic N) is 1. The van der Waals surface area contributed by atoms with E-state index in [4.69, 9.17) is 0 Å². The zero-order valence-electron chi connectivity index (χ0n) is 10.5. The molecule has 0 unspecified atom stereocenters. The smallest absolute Gasteiger partial charge is 0.0927 e. The lowest BCUT2D eigenvalue weighted by Crippen LogP contribution is -1.75. The zero-order valence-corrected chi connectivity index (χ0v) is 10.5. The van der Waals surface area contributed by atoms with Crippen molar-refractivity contribution in [2.75, 3.05) is 0 Å². The Labute approximate surface area is 112 Å². The van der Waals surface area contributed by atoms with Crippen LogP contribution in [0.4, 0.5) is 0 Å². The third-order valence-corrected chi connectivity index (χ3v) is 3.11. The summed E-state index contributed by atoms with van der Waals surface area (Å²) in [7, 11) is 0. The van der Waals surface area contributed by atoms with Gasteiger partial charge in [-0.25, -0.2) is 0 Å². The second-order valence-electron chi connectivity index (χ2n) is 4.36. The predicted octanol–water partition coefficient (Wildman–Crippen LogP) is 4.38. The van der Waals surface area contributed by atoms with E-state index in [1.807, 2.05) is 30.4 Å². The summed E-state index contributed by atoms with van der Waals surface area (Å²) < 4.78 is 0. The highest BCUT2D eigenvalue weighted by atomic mass is 15.1. The molecular formula is C17H14N2. The molecule has 0 spiro atoms. The zero-order chi connectivity index (χ0) is 13.1. The van der Waals surface area contributed by atoms with Gasteiger partial charge in [0.1, 0.15) is 0 Å². The van der Waals surface area contributed by atoms with Crippen molar-refractivity contribution < 1.29 is 0 Å². The number of nitrogens with one attached hydrogen (secondary N) is 1. The van der Waals surface area contributed by atoms with Crippen LogP contribution >= 0.6 is 0 Å². The first-order valence-corrected chi connectivity index (χ1v) is 6.20. The van der Waals surface area contributed by atoms with E-state index in [2.05, 4.69) is 53.2 Å². The Hall–Kier alpha value is -2.61. The monoisotopic (exact) mass is 246 g/mol. The van der Waals surface area contributed by atoms with Gasteiger partial charge in [-0.1, -0.05) is 61.2 Å². The Morgan fingerprint density at radius 2 is 1.63 bits per heavy atom. The lowest BCUT2D eigenvalue weighted by atomic mass is 10.1. The number of para-hydroxylation sites is 1. The summed E-state index contributed by atoms with van der Waals surface area (Å²) in [6.07, 6.45) is 5.94. The Morgan fingerprint density at radius 1 is 0.895 bits per heavy atom. The van der Waals surface area contributed by atoms with Crippen molar-refractivity contribution in [2.45, 2.75) is 0 Å². The van der Waals surface area contributed by atoms with Gasteiger partial charge in [-0.3, -0.25) is 5.10 Å². The molecule has 92 valence electrons. The highest BCUT2D eigenvalue weighted by Gasteiger charge is 2.00. The van der Waals surface area contributed by atoms with Gasteiger partial charge in [0.2, 0.25) is 0 Å². The highest BCUT2D eigenvalue weighted by molar-refractivity contribution is 5.89. The highest BCUT2D eigenvalue weighted by Crippen LogP contribution is 2.17. The minimum atomic E-state index is 0.961. The summed E-state index contributed by atoms with van der Waals surface area (Å²) in [6.45, 7) is 3.75. The third-order valence-electron chi connectivity index (χ3n) is 3.11. The minimum absolute atomic E-state index is 0.961. The largest absolute Gasteiger partial charge is 0.277 e. The van der Waals surface area contributed by atoms with Crippen LogP contribution in [-0.4, -0.2) is 10.2 Å². The summed E-state index contributed by atoms with van der Waals surface area (Å²) in [6, 6.07) is 16.4. The van der Waals surface area contributed by atoms with E-state index in [-0.39, 0.29) is 0 Å². The molecule has 0 fully saturated rings. The quantitative estimate of drug-likeness (QED) is 0.730. The van der Waals surface area contributed by atoms with Crippen molar-refractivity contribution in [3.05, 3.63) is 71.9 Å². The molecule has 2 aromatic carbocycles. The maximum absolute atomic E-state index is 4.32. The van der Waals surface area contributed by atoms with E-state index >= 15 is 0 Å². The second kappa shape index (κ2) is 4.94. The van der Waals surface area contributed by atoms with Crippen molar-refractivity contribution in [3.63, 3.8) is 0 Å². The van der Waals surface area contributed by atoms with Crippen LogP contribution < -0.4 is 0 Å². The van der Waals surface area contributed by atoms with Crippen LogP contribution in [-0.2, 0) is 0 Å². The topological polar surface area (TPSA) is 28.7 Å². The molecule has 2 nitrogen and oxygen atoms in total. The SMILES string of the molecule is C=Cc1ccc(/C=C/c2n[nH]c3ccccc23)cc1. The first kappa shape index (κ1) is 11.5. The van der Waals surface area contributed by atoms with E-state index in [1.54, 1.807) is 0 Å².